The Kier molecular flexibility index (Phi) is 6.17. The molecule has 7 aromatic carbocycles. The molecule has 0 saturated heterocycles. The van der Waals surface area contributed by atoms with Gasteiger partial charge in [-0.25, -0.2) is 4.98 Å². The van der Waals surface area contributed by atoms with Crippen molar-refractivity contribution in [3.8, 4) is 44.8 Å². The number of rotatable bonds is 4. The molecule has 0 aliphatic heterocycles. The molecule has 214 valence electrons. The number of nitrogens with zero attached hydrogens (tertiary/aromatic N) is 2. The first-order chi connectivity index (χ1) is 22.8. The smallest absolute Gasteiger partial charge is 0.0794 e. The third-order valence-corrected chi connectivity index (χ3v) is 9.08. The third kappa shape index (κ3) is 4.51. The summed E-state index contributed by atoms with van der Waals surface area (Å²) in [5, 5.41) is 8.40. The largest absolute Gasteiger partial charge is 0.256 e. The highest BCUT2D eigenvalue weighted by molar-refractivity contribution is 6.16. The van der Waals surface area contributed by atoms with Crippen LogP contribution in [0.2, 0.25) is 0 Å². The standard InChI is InChI=1S/C44H28N2/c1-3-11-33-25-35(22-16-29(33)9-1)39-27-41-40(31-18-20-32(21-19-31)42-15-7-8-24-45-42)28-43(46-44(41)38-14-6-5-13-37(38)39)36-23-17-30-10-2-4-12-34(30)26-36/h1-28H. The Morgan fingerprint density at radius 2 is 0.891 bits per heavy atom. The van der Waals surface area contributed by atoms with E-state index in [9.17, 15) is 0 Å². The van der Waals surface area contributed by atoms with E-state index in [-0.39, 0.29) is 0 Å². The summed E-state index contributed by atoms with van der Waals surface area (Å²) in [6, 6.07) is 58.6. The molecule has 0 aliphatic rings. The Morgan fingerprint density at radius 3 is 1.61 bits per heavy atom. The molecule has 46 heavy (non-hydrogen) atoms. The van der Waals surface area contributed by atoms with Gasteiger partial charge in [0.1, 0.15) is 0 Å². The Bertz CT molecular complexity index is 2570. The second kappa shape index (κ2) is 10.8. The summed E-state index contributed by atoms with van der Waals surface area (Å²) in [5.74, 6) is 0. The van der Waals surface area contributed by atoms with E-state index in [1.807, 2.05) is 18.3 Å². The molecule has 0 saturated carbocycles. The molecule has 0 spiro atoms. The van der Waals surface area contributed by atoms with Crippen LogP contribution >= 0.6 is 0 Å². The molecule has 0 atom stereocenters. The van der Waals surface area contributed by atoms with E-state index >= 15 is 0 Å². The minimum Gasteiger partial charge on any atom is -0.256 e. The van der Waals surface area contributed by atoms with Gasteiger partial charge in [0.25, 0.3) is 0 Å². The average Bonchev–Trinajstić information content (AvgIpc) is 3.14. The first-order valence-electron chi connectivity index (χ1n) is 15.7. The molecule has 0 aliphatic carbocycles. The van der Waals surface area contributed by atoms with E-state index in [1.54, 1.807) is 0 Å². The Hall–Kier alpha value is -6.12. The molecular formula is C44H28N2. The number of hydrogen-bond donors (Lipinski definition) is 0. The number of aromatic nitrogens is 2. The van der Waals surface area contributed by atoms with Gasteiger partial charge in [-0.3, -0.25) is 4.98 Å². The van der Waals surface area contributed by atoms with Gasteiger partial charge in [-0.1, -0.05) is 127 Å². The van der Waals surface area contributed by atoms with Crippen LogP contribution in [0.25, 0.3) is 88.0 Å². The van der Waals surface area contributed by atoms with Gasteiger partial charge < -0.3 is 0 Å². The van der Waals surface area contributed by atoms with Gasteiger partial charge in [-0.15, -0.1) is 0 Å². The first kappa shape index (κ1) is 26.3. The summed E-state index contributed by atoms with van der Waals surface area (Å²) in [5.41, 5.74) is 9.86. The first-order valence-corrected chi connectivity index (χ1v) is 15.7. The van der Waals surface area contributed by atoms with Crippen molar-refractivity contribution in [3.05, 3.63) is 170 Å². The fourth-order valence-corrected chi connectivity index (χ4v) is 6.74. The maximum Gasteiger partial charge on any atom is 0.0794 e. The monoisotopic (exact) mass is 584 g/mol. The minimum absolute atomic E-state index is 0.964. The highest BCUT2D eigenvalue weighted by atomic mass is 14.7. The van der Waals surface area contributed by atoms with E-state index in [4.69, 9.17) is 4.98 Å². The van der Waals surface area contributed by atoms with Crippen LogP contribution in [0.5, 0.6) is 0 Å². The number of hydrogen-bond acceptors (Lipinski definition) is 2. The molecule has 9 aromatic rings. The van der Waals surface area contributed by atoms with E-state index < -0.39 is 0 Å². The fraction of sp³-hybridized carbons (Fsp3) is 0. The molecule has 2 heteroatoms. The molecule has 2 nitrogen and oxygen atoms in total. The van der Waals surface area contributed by atoms with Crippen LogP contribution in [0.3, 0.4) is 0 Å². The van der Waals surface area contributed by atoms with E-state index in [1.165, 1.54) is 38.1 Å². The quantitative estimate of drug-likeness (QED) is 0.192. The van der Waals surface area contributed by atoms with Crippen molar-refractivity contribution in [1.29, 1.82) is 0 Å². The van der Waals surface area contributed by atoms with Crippen LogP contribution in [0.1, 0.15) is 0 Å². The van der Waals surface area contributed by atoms with Crippen molar-refractivity contribution in [2.75, 3.05) is 0 Å². The van der Waals surface area contributed by atoms with Crippen molar-refractivity contribution in [3.63, 3.8) is 0 Å². The van der Waals surface area contributed by atoms with Gasteiger partial charge in [0.2, 0.25) is 0 Å². The molecule has 0 radical (unpaired) electrons. The average molecular weight is 585 g/mol. The molecule has 0 N–H and O–H groups in total. The van der Waals surface area contributed by atoms with Crippen molar-refractivity contribution >= 4 is 43.2 Å². The van der Waals surface area contributed by atoms with Crippen molar-refractivity contribution in [2.24, 2.45) is 0 Å². The molecule has 0 unspecified atom stereocenters. The van der Waals surface area contributed by atoms with Crippen LogP contribution in [0.4, 0.5) is 0 Å². The lowest BCUT2D eigenvalue weighted by atomic mass is 9.90. The molecule has 0 fully saturated rings. The van der Waals surface area contributed by atoms with Crippen LogP contribution < -0.4 is 0 Å². The van der Waals surface area contributed by atoms with Gasteiger partial charge in [0.05, 0.1) is 16.9 Å². The van der Waals surface area contributed by atoms with Gasteiger partial charge in [0.15, 0.2) is 0 Å². The third-order valence-electron chi connectivity index (χ3n) is 9.08. The zero-order chi connectivity index (χ0) is 30.5. The van der Waals surface area contributed by atoms with Gasteiger partial charge in [-0.2, -0.15) is 0 Å². The van der Waals surface area contributed by atoms with E-state index in [2.05, 4.69) is 157 Å². The summed E-state index contributed by atoms with van der Waals surface area (Å²) in [4.78, 5) is 9.98. The van der Waals surface area contributed by atoms with Crippen LogP contribution in [0, 0.1) is 0 Å². The molecule has 9 rings (SSSR count). The minimum atomic E-state index is 0.964. The van der Waals surface area contributed by atoms with Crippen LogP contribution in [-0.2, 0) is 0 Å². The summed E-state index contributed by atoms with van der Waals surface area (Å²) >= 11 is 0. The highest BCUT2D eigenvalue weighted by Gasteiger charge is 2.16. The Morgan fingerprint density at radius 1 is 0.326 bits per heavy atom. The number of pyridine rings is 2. The molecular weight excluding hydrogens is 556 g/mol. The summed E-state index contributed by atoms with van der Waals surface area (Å²) in [6.45, 7) is 0. The maximum atomic E-state index is 5.41. The lowest BCUT2D eigenvalue weighted by Gasteiger charge is -2.16. The topological polar surface area (TPSA) is 25.8 Å². The molecule has 2 aromatic heterocycles. The second-order valence-corrected chi connectivity index (χ2v) is 11.8. The molecule has 0 amide bonds. The fourth-order valence-electron chi connectivity index (χ4n) is 6.74. The lowest BCUT2D eigenvalue weighted by molar-refractivity contribution is 1.33. The summed E-state index contributed by atoms with van der Waals surface area (Å²) in [7, 11) is 0. The molecule has 2 heterocycles. The number of fused-ring (bicyclic) bond motifs is 5. The predicted molar refractivity (Wildman–Crippen MR) is 194 cm³/mol. The van der Waals surface area contributed by atoms with Gasteiger partial charge in [-0.05, 0) is 85.6 Å². The number of benzene rings is 7. The highest BCUT2D eigenvalue weighted by Crippen LogP contribution is 2.41. The summed E-state index contributed by atoms with van der Waals surface area (Å²) < 4.78 is 0. The van der Waals surface area contributed by atoms with Gasteiger partial charge >= 0.3 is 0 Å². The van der Waals surface area contributed by atoms with Crippen molar-refractivity contribution in [2.45, 2.75) is 0 Å². The van der Waals surface area contributed by atoms with Crippen LogP contribution in [-0.4, -0.2) is 9.97 Å². The SMILES string of the molecule is c1ccc(-c2ccc(-c3cc(-c4ccc5ccccc5c4)nc4c3cc(-c3ccc5ccccc5c3)c3ccccc34)cc2)nc1. The van der Waals surface area contributed by atoms with Crippen molar-refractivity contribution < 1.29 is 0 Å². The van der Waals surface area contributed by atoms with Crippen LogP contribution in [0.15, 0.2) is 170 Å². The second-order valence-electron chi connectivity index (χ2n) is 11.8. The maximum absolute atomic E-state index is 5.41. The van der Waals surface area contributed by atoms with Crippen molar-refractivity contribution in [1.82, 2.24) is 9.97 Å². The lowest BCUT2D eigenvalue weighted by Crippen LogP contribution is -1.94. The van der Waals surface area contributed by atoms with Gasteiger partial charge in [0, 0.05) is 28.1 Å². The Balaban J connectivity index is 1.32. The molecule has 0 bridgehead atoms. The normalized spacial score (nSPS) is 11.5. The summed E-state index contributed by atoms with van der Waals surface area (Å²) in [6.07, 6.45) is 1.84. The zero-order valence-electron chi connectivity index (χ0n) is 25.1. The van der Waals surface area contributed by atoms with E-state index in [0.717, 1.165) is 49.9 Å². The Labute approximate surface area is 267 Å². The van der Waals surface area contributed by atoms with E-state index in [0.29, 0.717) is 0 Å². The zero-order valence-corrected chi connectivity index (χ0v) is 25.1. The predicted octanol–water partition coefficient (Wildman–Crippen LogP) is 11.8.